The molecule has 4 aliphatic carbocycles. The van der Waals surface area contributed by atoms with Gasteiger partial charge in [0.25, 0.3) is 0 Å². The van der Waals surface area contributed by atoms with Crippen LogP contribution in [0.1, 0.15) is 71.6 Å². The second-order valence-corrected chi connectivity index (χ2v) is 9.66. The number of Topliss-reactive ketones (excluding diaryl/α,β-unsaturated/α-hetero) is 1. The summed E-state index contributed by atoms with van der Waals surface area (Å²) in [7, 11) is 0. The van der Waals surface area contributed by atoms with Crippen molar-refractivity contribution in [1.29, 1.82) is 0 Å². The predicted octanol–water partition coefficient (Wildman–Crippen LogP) is 4.90. The zero-order valence-corrected chi connectivity index (χ0v) is 14.5. The smallest absolute Gasteiger partial charge is 0.133 e. The Labute approximate surface area is 135 Å². The van der Waals surface area contributed by atoms with E-state index in [0.29, 0.717) is 27.8 Å². The Morgan fingerprint density at radius 3 is 2.52 bits per heavy atom. The molecular formula is C19H30OS. The Bertz CT molecular complexity index is 460. The average Bonchev–Trinajstić information content (AvgIpc) is 2.76. The van der Waals surface area contributed by atoms with Crippen molar-refractivity contribution >= 4 is 18.4 Å². The molecule has 2 heteroatoms. The lowest BCUT2D eigenvalue weighted by molar-refractivity contribution is -0.137. The van der Waals surface area contributed by atoms with E-state index in [1.165, 1.54) is 44.9 Å². The van der Waals surface area contributed by atoms with Crippen LogP contribution in [0.15, 0.2) is 0 Å². The van der Waals surface area contributed by atoms with Gasteiger partial charge in [0.2, 0.25) is 0 Å². The topological polar surface area (TPSA) is 17.1 Å². The zero-order valence-electron chi connectivity index (χ0n) is 13.6. The maximum Gasteiger partial charge on any atom is 0.133 e. The summed E-state index contributed by atoms with van der Waals surface area (Å²) in [6, 6.07) is 0. The van der Waals surface area contributed by atoms with E-state index in [-0.39, 0.29) is 0 Å². The maximum atomic E-state index is 11.9. The molecule has 0 saturated heterocycles. The minimum atomic E-state index is 0.465. The number of carbonyl (C=O) groups is 1. The van der Waals surface area contributed by atoms with E-state index >= 15 is 0 Å². The van der Waals surface area contributed by atoms with Crippen molar-refractivity contribution in [1.82, 2.24) is 0 Å². The molecule has 0 radical (unpaired) electrons. The Morgan fingerprint density at radius 1 is 0.952 bits per heavy atom. The van der Waals surface area contributed by atoms with Crippen molar-refractivity contribution in [3.8, 4) is 0 Å². The molecule has 0 spiro atoms. The highest BCUT2D eigenvalue weighted by molar-refractivity contribution is 7.81. The highest BCUT2D eigenvalue weighted by Gasteiger charge is 2.59. The molecule has 7 atom stereocenters. The fourth-order valence-electron chi connectivity index (χ4n) is 7.02. The van der Waals surface area contributed by atoms with Crippen LogP contribution in [-0.4, -0.2) is 11.0 Å². The van der Waals surface area contributed by atoms with Crippen molar-refractivity contribution in [3.05, 3.63) is 0 Å². The largest absolute Gasteiger partial charge is 0.300 e. The van der Waals surface area contributed by atoms with Gasteiger partial charge < -0.3 is 0 Å². The van der Waals surface area contributed by atoms with Gasteiger partial charge in [-0.3, -0.25) is 4.79 Å². The summed E-state index contributed by atoms with van der Waals surface area (Å²) >= 11 is 4.94. The number of ketones is 1. The number of fused-ring (bicyclic) bond motifs is 5. The van der Waals surface area contributed by atoms with Crippen LogP contribution in [-0.2, 0) is 4.79 Å². The lowest BCUT2D eigenvalue weighted by Gasteiger charge is -2.60. The van der Waals surface area contributed by atoms with Crippen LogP contribution in [0.2, 0.25) is 0 Å². The lowest BCUT2D eigenvalue weighted by Crippen LogP contribution is -2.53. The fraction of sp³-hybridized carbons (Fsp3) is 0.947. The second-order valence-electron chi connectivity index (χ2n) is 9.04. The molecule has 4 saturated carbocycles. The number of hydrogen-bond donors (Lipinski definition) is 1. The number of hydrogen-bond acceptors (Lipinski definition) is 2. The maximum absolute atomic E-state index is 11.9. The number of rotatable bonds is 0. The monoisotopic (exact) mass is 306 g/mol. The van der Waals surface area contributed by atoms with Gasteiger partial charge in [0.05, 0.1) is 0 Å². The van der Waals surface area contributed by atoms with Crippen LogP contribution >= 0.6 is 12.6 Å². The van der Waals surface area contributed by atoms with Crippen LogP contribution in [0.25, 0.3) is 0 Å². The highest BCUT2D eigenvalue weighted by Crippen LogP contribution is 2.66. The zero-order chi connectivity index (χ0) is 14.8. The Balaban J connectivity index is 1.64. The molecular weight excluding hydrogens is 276 g/mol. The number of thiol groups is 1. The molecule has 118 valence electrons. The van der Waals surface area contributed by atoms with Crippen molar-refractivity contribution in [2.45, 2.75) is 76.9 Å². The van der Waals surface area contributed by atoms with Gasteiger partial charge in [-0.15, -0.1) is 0 Å². The third-order valence-electron chi connectivity index (χ3n) is 8.43. The standard InChI is InChI=1S/C19H30OS/c1-18-9-7-13(20)11-12(18)3-4-14-15-5-6-17(21)19(15,2)10-8-16(14)18/h12,14-17,21H,3-11H2,1-2H3/t12?,14-,15-,16+,17?,18-,19-/m0/s1. The summed E-state index contributed by atoms with van der Waals surface area (Å²) < 4.78 is 0. The summed E-state index contributed by atoms with van der Waals surface area (Å²) in [5.41, 5.74) is 0.963. The Hall–Kier alpha value is 0.0200. The first-order valence-corrected chi connectivity index (χ1v) is 9.66. The molecule has 4 aliphatic rings. The van der Waals surface area contributed by atoms with Gasteiger partial charge >= 0.3 is 0 Å². The van der Waals surface area contributed by atoms with Gasteiger partial charge in [-0.05, 0) is 79.4 Å². The average molecular weight is 307 g/mol. The minimum absolute atomic E-state index is 0.465. The SMILES string of the molecule is C[C@]12CCC(=O)CC1CC[C@@H]1[C@H]2CC[C@]2(C)C(S)CC[C@@H]12. The lowest BCUT2D eigenvalue weighted by atomic mass is 9.45. The quantitative estimate of drug-likeness (QED) is 0.630. The Kier molecular flexibility index (Phi) is 3.31. The molecule has 2 unspecified atom stereocenters. The van der Waals surface area contributed by atoms with Crippen LogP contribution < -0.4 is 0 Å². The molecule has 4 rings (SSSR count). The van der Waals surface area contributed by atoms with E-state index in [9.17, 15) is 4.79 Å². The third kappa shape index (κ3) is 1.93. The fourth-order valence-corrected chi connectivity index (χ4v) is 7.49. The van der Waals surface area contributed by atoms with Gasteiger partial charge in [0.1, 0.15) is 5.78 Å². The van der Waals surface area contributed by atoms with Gasteiger partial charge in [0, 0.05) is 18.1 Å². The van der Waals surface area contributed by atoms with E-state index in [2.05, 4.69) is 13.8 Å². The van der Waals surface area contributed by atoms with E-state index in [0.717, 1.165) is 30.6 Å². The van der Waals surface area contributed by atoms with E-state index in [1.807, 2.05) is 0 Å². The summed E-state index contributed by atoms with van der Waals surface area (Å²) in [6.45, 7) is 5.06. The molecule has 0 aromatic carbocycles. The van der Waals surface area contributed by atoms with Crippen LogP contribution in [0.5, 0.6) is 0 Å². The number of carbonyl (C=O) groups excluding carboxylic acids is 1. The molecule has 0 bridgehead atoms. The molecule has 0 aromatic rings. The van der Waals surface area contributed by atoms with E-state index in [4.69, 9.17) is 12.6 Å². The highest BCUT2D eigenvalue weighted by atomic mass is 32.1. The summed E-state index contributed by atoms with van der Waals surface area (Å²) in [6.07, 6.45) is 11.1. The van der Waals surface area contributed by atoms with Crippen molar-refractivity contribution in [3.63, 3.8) is 0 Å². The minimum Gasteiger partial charge on any atom is -0.300 e. The molecule has 4 fully saturated rings. The van der Waals surface area contributed by atoms with Gasteiger partial charge in [-0.25, -0.2) is 0 Å². The molecule has 0 aliphatic heterocycles. The second kappa shape index (κ2) is 4.76. The first-order chi connectivity index (χ1) is 9.95. The normalized spacial score (nSPS) is 56.5. The van der Waals surface area contributed by atoms with Gasteiger partial charge in [0.15, 0.2) is 0 Å². The van der Waals surface area contributed by atoms with Crippen LogP contribution in [0, 0.1) is 34.5 Å². The first kappa shape index (κ1) is 14.6. The van der Waals surface area contributed by atoms with Crippen LogP contribution in [0.3, 0.4) is 0 Å². The van der Waals surface area contributed by atoms with Gasteiger partial charge in [-0.2, -0.15) is 12.6 Å². The summed E-state index contributed by atoms with van der Waals surface area (Å²) in [5, 5.41) is 0.627. The molecule has 0 N–H and O–H groups in total. The van der Waals surface area contributed by atoms with Crippen LogP contribution in [0.4, 0.5) is 0 Å². The Morgan fingerprint density at radius 2 is 1.71 bits per heavy atom. The van der Waals surface area contributed by atoms with Gasteiger partial charge in [-0.1, -0.05) is 13.8 Å². The first-order valence-electron chi connectivity index (χ1n) is 9.15. The molecule has 0 aromatic heterocycles. The van der Waals surface area contributed by atoms with E-state index < -0.39 is 0 Å². The summed E-state index contributed by atoms with van der Waals surface area (Å²) in [5.74, 6) is 3.95. The van der Waals surface area contributed by atoms with E-state index in [1.54, 1.807) is 0 Å². The predicted molar refractivity (Wildman–Crippen MR) is 89.5 cm³/mol. The molecule has 0 amide bonds. The van der Waals surface area contributed by atoms with Crippen molar-refractivity contribution in [2.24, 2.45) is 34.5 Å². The van der Waals surface area contributed by atoms with Crippen molar-refractivity contribution < 1.29 is 4.79 Å². The summed E-state index contributed by atoms with van der Waals surface area (Å²) in [4.78, 5) is 11.9. The molecule has 21 heavy (non-hydrogen) atoms. The molecule has 1 nitrogen and oxygen atoms in total. The molecule has 0 heterocycles. The van der Waals surface area contributed by atoms with Crippen molar-refractivity contribution in [2.75, 3.05) is 0 Å². The third-order valence-corrected chi connectivity index (χ3v) is 9.28.